The maximum atomic E-state index is 5.12. The Hall–Kier alpha value is -0.120. The first-order chi connectivity index (χ1) is 4.38. The highest BCUT2D eigenvalue weighted by Crippen LogP contribution is 2.16. The zero-order valence-electron chi connectivity index (χ0n) is 5.96. The van der Waals surface area contributed by atoms with Gasteiger partial charge in [-0.15, -0.1) is 0 Å². The van der Waals surface area contributed by atoms with Crippen LogP contribution in [-0.4, -0.2) is 32.1 Å². The van der Waals surface area contributed by atoms with Crippen LogP contribution in [0.25, 0.3) is 0 Å². The first-order valence-corrected chi connectivity index (χ1v) is 3.22. The van der Waals surface area contributed by atoms with E-state index in [-0.39, 0.29) is 6.23 Å². The average Bonchev–Trinajstić information content (AvgIpc) is 2.33. The first kappa shape index (κ1) is 6.99. The second-order valence-electron chi connectivity index (χ2n) is 2.16. The third-order valence-corrected chi connectivity index (χ3v) is 1.66. The number of rotatable bonds is 2. The molecule has 0 spiro atoms. The number of methoxy groups -OCH3 is 1. The summed E-state index contributed by atoms with van der Waals surface area (Å²) in [5, 5.41) is 1.86. The molecule has 1 atom stereocenters. The summed E-state index contributed by atoms with van der Waals surface area (Å²) in [7, 11) is 3.39. The Labute approximate surface area is 55.5 Å². The Bertz CT molecular complexity index is 77.1. The largest absolute Gasteiger partial charge is 0.364 e. The zero-order valence-corrected chi connectivity index (χ0v) is 5.96. The summed E-state index contributed by atoms with van der Waals surface area (Å²) in [6.07, 6.45) is 2.45. The minimum atomic E-state index is 0.190. The maximum Gasteiger partial charge on any atom is 0.132 e. The SMILES string of the molecule is COC1CCCN1OC. The molecular weight excluding hydrogens is 118 g/mol. The van der Waals surface area contributed by atoms with E-state index < -0.39 is 0 Å². The number of hydrogen-bond acceptors (Lipinski definition) is 3. The average molecular weight is 131 g/mol. The molecule has 9 heavy (non-hydrogen) atoms. The summed E-state index contributed by atoms with van der Waals surface area (Å²) in [4.78, 5) is 5.02. The van der Waals surface area contributed by atoms with Crippen LogP contribution in [0.3, 0.4) is 0 Å². The molecule has 1 fully saturated rings. The Morgan fingerprint density at radius 1 is 1.44 bits per heavy atom. The molecule has 1 aliphatic heterocycles. The Kier molecular flexibility index (Phi) is 2.45. The molecule has 1 aliphatic rings. The predicted octanol–water partition coefficient (Wildman–Crippen LogP) is 0.616. The molecule has 54 valence electrons. The third kappa shape index (κ3) is 1.41. The van der Waals surface area contributed by atoms with Gasteiger partial charge in [-0.05, 0) is 12.8 Å². The van der Waals surface area contributed by atoms with E-state index in [0.717, 1.165) is 13.0 Å². The summed E-state index contributed by atoms with van der Waals surface area (Å²) in [6, 6.07) is 0. The Morgan fingerprint density at radius 3 is 2.67 bits per heavy atom. The molecule has 0 aliphatic carbocycles. The quantitative estimate of drug-likeness (QED) is 0.548. The second-order valence-corrected chi connectivity index (χ2v) is 2.16. The van der Waals surface area contributed by atoms with Gasteiger partial charge in [-0.1, -0.05) is 0 Å². The van der Waals surface area contributed by atoms with E-state index in [1.807, 2.05) is 5.06 Å². The molecule has 1 rings (SSSR count). The normalized spacial score (nSPS) is 29.3. The van der Waals surface area contributed by atoms with Crippen LogP contribution in [0, 0.1) is 0 Å². The van der Waals surface area contributed by atoms with E-state index in [4.69, 9.17) is 9.57 Å². The zero-order chi connectivity index (χ0) is 6.69. The molecule has 1 saturated heterocycles. The minimum absolute atomic E-state index is 0.190. The third-order valence-electron chi connectivity index (χ3n) is 1.66. The highest BCUT2D eigenvalue weighted by molar-refractivity contribution is 4.63. The Morgan fingerprint density at radius 2 is 2.22 bits per heavy atom. The highest BCUT2D eigenvalue weighted by Gasteiger charge is 2.23. The van der Waals surface area contributed by atoms with E-state index in [2.05, 4.69) is 0 Å². The minimum Gasteiger partial charge on any atom is -0.364 e. The van der Waals surface area contributed by atoms with Crippen molar-refractivity contribution in [3.63, 3.8) is 0 Å². The van der Waals surface area contributed by atoms with E-state index in [1.54, 1.807) is 14.2 Å². The van der Waals surface area contributed by atoms with Gasteiger partial charge in [0.15, 0.2) is 0 Å². The number of hydroxylamine groups is 2. The summed E-state index contributed by atoms with van der Waals surface area (Å²) < 4.78 is 5.12. The van der Waals surface area contributed by atoms with E-state index in [0.29, 0.717) is 0 Å². The van der Waals surface area contributed by atoms with Gasteiger partial charge < -0.3 is 4.74 Å². The molecule has 1 unspecified atom stereocenters. The van der Waals surface area contributed by atoms with Gasteiger partial charge in [0.1, 0.15) is 6.23 Å². The first-order valence-electron chi connectivity index (χ1n) is 3.22. The number of hydrogen-bond donors (Lipinski definition) is 0. The summed E-state index contributed by atoms with van der Waals surface area (Å²) in [5.41, 5.74) is 0. The van der Waals surface area contributed by atoms with Gasteiger partial charge in [0.2, 0.25) is 0 Å². The van der Waals surface area contributed by atoms with Crippen LogP contribution in [0.15, 0.2) is 0 Å². The Balaban J connectivity index is 2.32. The fourth-order valence-corrected chi connectivity index (χ4v) is 1.15. The van der Waals surface area contributed by atoms with Gasteiger partial charge in [0, 0.05) is 13.7 Å². The second kappa shape index (κ2) is 3.15. The smallest absolute Gasteiger partial charge is 0.132 e. The molecule has 3 nitrogen and oxygen atoms in total. The van der Waals surface area contributed by atoms with E-state index >= 15 is 0 Å². The van der Waals surface area contributed by atoms with Crippen molar-refractivity contribution in [1.82, 2.24) is 5.06 Å². The van der Waals surface area contributed by atoms with Crippen LogP contribution in [0.1, 0.15) is 12.8 Å². The van der Waals surface area contributed by atoms with Crippen LogP contribution in [0.2, 0.25) is 0 Å². The van der Waals surface area contributed by atoms with Gasteiger partial charge in [-0.2, -0.15) is 5.06 Å². The molecule has 1 heterocycles. The lowest BCUT2D eigenvalue weighted by Gasteiger charge is -2.19. The summed E-state index contributed by atoms with van der Waals surface area (Å²) in [6.45, 7) is 0.995. The van der Waals surface area contributed by atoms with E-state index in [9.17, 15) is 0 Å². The fraction of sp³-hybridized carbons (Fsp3) is 1.00. The van der Waals surface area contributed by atoms with Crippen molar-refractivity contribution in [3.8, 4) is 0 Å². The molecule has 3 heteroatoms. The molecule has 0 aromatic rings. The van der Waals surface area contributed by atoms with Crippen LogP contribution in [0.5, 0.6) is 0 Å². The van der Waals surface area contributed by atoms with Gasteiger partial charge in [-0.25, -0.2) is 0 Å². The van der Waals surface area contributed by atoms with Crippen LogP contribution in [-0.2, 0) is 9.57 Å². The van der Waals surface area contributed by atoms with Crippen molar-refractivity contribution in [2.45, 2.75) is 19.1 Å². The van der Waals surface area contributed by atoms with Gasteiger partial charge >= 0.3 is 0 Å². The van der Waals surface area contributed by atoms with Crippen LogP contribution in [0.4, 0.5) is 0 Å². The molecule has 0 radical (unpaired) electrons. The molecule has 0 aromatic carbocycles. The van der Waals surface area contributed by atoms with Crippen LogP contribution >= 0.6 is 0 Å². The predicted molar refractivity (Wildman–Crippen MR) is 33.7 cm³/mol. The summed E-state index contributed by atoms with van der Waals surface area (Å²) >= 11 is 0. The van der Waals surface area contributed by atoms with Crippen molar-refractivity contribution in [1.29, 1.82) is 0 Å². The molecule has 0 N–H and O–H groups in total. The van der Waals surface area contributed by atoms with Crippen molar-refractivity contribution in [3.05, 3.63) is 0 Å². The monoisotopic (exact) mass is 131 g/mol. The lowest BCUT2D eigenvalue weighted by atomic mass is 10.4. The molecule has 0 amide bonds. The molecule has 0 aromatic heterocycles. The van der Waals surface area contributed by atoms with Gasteiger partial charge in [0.05, 0.1) is 7.11 Å². The van der Waals surface area contributed by atoms with Crippen molar-refractivity contribution in [2.75, 3.05) is 20.8 Å². The standard InChI is InChI=1S/C6H13NO2/c1-8-6-4-3-5-7(6)9-2/h6H,3-5H2,1-2H3. The molecule has 0 saturated carbocycles. The van der Waals surface area contributed by atoms with Crippen molar-refractivity contribution < 1.29 is 9.57 Å². The topological polar surface area (TPSA) is 21.7 Å². The van der Waals surface area contributed by atoms with Gasteiger partial charge in [0.25, 0.3) is 0 Å². The molecular formula is C6H13NO2. The fourth-order valence-electron chi connectivity index (χ4n) is 1.15. The van der Waals surface area contributed by atoms with E-state index in [1.165, 1.54) is 6.42 Å². The maximum absolute atomic E-state index is 5.12. The van der Waals surface area contributed by atoms with Crippen molar-refractivity contribution in [2.24, 2.45) is 0 Å². The van der Waals surface area contributed by atoms with Crippen LogP contribution < -0.4 is 0 Å². The van der Waals surface area contributed by atoms with Crippen molar-refractivity contribution >= 4 is 0 Å². The molecule has 0 bridgehead atoms. The number of ether oxygens (including phenoxy) is 1. The lowest BCUT2D eigenvalue weighted by molar-refractivity contribution is -0.207. The number of nitrogens with zero attached hydrogens (tertiary/aromatic N) is 1. The lowest BCUT2D eigenvalue weighted by Crippen LogP contribution is -2.29. The van der Waals surface area contributed by atoms with Gasteiger partial charge in [-0.3, -0.25) is 4.84 Å². The summed E-state index contributed by atoms with van der Waals surface area (Å²) in [5.74, 6) is 0. The highest BCUT2D eigenvalue weighted by atomic mass is 16.7.